The zero-order valence-corrected chi connectivity index (χ0v) is 11.5. The van der Waals surface area contributed by atoms with Gasteiger partial charge in [-0.05, 0) is 6.92 Å². The molecule has 2 aromatic heterocycles. The lowest BCUT2D eigenvalue weighted by atomic mass is 10.5. The summed E-state index contributed by atoms with van der Waals surface area (Å²) in [6, 6.07) is 1.55. The summed E-state index contributed by atoms with van der Waals surface area (Å²) in [4.78, 5) is 33.8. The molecule has 0 aliphatic carbocycles. The minimum Gasteiger partial charge on any atom is -0.368 e. The highest BCUT2D eigenvalue weighted by atomic mass is 32.1. The van der Waals surface area contributed by atoms with E-state index in [1.54, 1.807) is 18.4 Å². The predicted octanol–water partition coefficient (Wildman–Crippen LogP) is -0.461. The summed E-state index contributed by atoms with van der Waals surface area (Å²) in [5.74, 6) is -0.582. The molecular weight excluding hydrogens is 282 g/mol. The fourth-order valence-electron chi connectivity index (χ4n) is 1.60. The van der Waals surface area contributed by atoms with Crippen molar-refractivity contribution in [2.24, 2.45) is 5.73 Å². The summed E-state index contributed by atoms with van der Waals surface area (Å²) in [7, 11) is 0. The third kappa shape index (κ3) is 3.32. The molecule has 0 unspecified atom stereocenters. The van der Waals surface area contributed by atoms with Crippen LogP contribution in [-0.4, -0.2) is 26.2 Å². The number of amides is 2. The predicted molar refractivity (Wildman–Crippen MR) is 73.4 cm³/mol. The topological polar surface area (TPSA) is 112 Å². The van der Waals surface area contributed by atoms with Gasteiger partial charge in [0, 0.05) is 23.3 Å². The summed E-state index contributed by atoms with van der Waals surface area (Å²) in [6.07, 6.45) is 1.53. The van der Waals surface area contributed by atoms with Crippen molar-refractivity contribution in [1.29, 1.82) is 0 Å². The van der Waals surface area contributed by atoms with E-state index in [9.17, 15) is 14.4 Å². The van der Waals surface area contributed by atoms with Gasteiger partial charge in [-0.25, -0.2) is 0 Å². The Morgan fingerprint density at radius 2 is 2.20 bits per heavy atom. The highest BCUT2D eigenvalue weighted by Crippen LogP contribution is 2.04. The molecule has 0 aromatic carbocycles. The number of nitrogens with zero attached hydrogens (tertiary/aromatic N) is 3. The molecule has 0 aliphatic heterocycles. The Kier molecular flexibility index (Phi) is 3.99. The molecule has 2 heterocycles. The third-order valence-corrected chi connectivity index (χ3v) is 3.39. The third-order valence-electron chi connectivity index (χ3n) is 2.50. The Hall–Kier alpha value is -2.42. The van der Waals surface area contributed by atoms with Crippen LogP contribution in [0.25, 0.3) is 0 Å². The molecule has 0 fully saturated rings. The number of nitrogens with one attached hydrogen (secondary N) is 1. The number of anilines is 1. The van der Waals surface area contributed by atoms with E-state index in [-0.39, 0.29) is 23.9 Å². The maximum absolute atomic E-state index is 11.8. The maximum Gasteiger partial charge on any atom is 0.307 e. The zero-order chi connectivity index (χ0) is 14.7. The molecule has 0 saturated heterocycles. The zero-order valence-electron chi connectivity index (χ0n) is 10.7. The Bertz CT molecular complexity index is 699. The van der Waals surface area contributed by atoms with Gasteiger partial charge >= 0.3 is 4.87 Å². The molecule has 20 heavy (non-hydrogen) atoms. The second kappa shape index (κ2) is 5.70. The van der Waals surface area contributed by atoms with Crippen LogP contribution in [0.3, 0.4) is 0 Å². The van der Waals surface area contributed by atoms with Crippen LogP contribution in [0.1, 0.15) is 5.69 Å². The van der Waals surface area contributed by atoms with E-state index < -0.39 is 5.91 Å². The van der Waals surface area contributed by atoms with Gasteiger partial charge in [0.1, 0.15) is 13.1 Å². The van der Waals surface area contributed by atoms with Crippen LogP contribution in [0.5, 0.6) is 0 Å². The fourth-order valence-corrected chi connectivity index (χ4v) is 2.33. The number of aromatic nitrogens is 3. The first-order valence-electron chi connectivity index (χ1n) is 5.72. The molecule has 2 amide bonds. The molecule has 0 saturated carbocycles. The van der Waals surface area contributed by atoms with Crippen LogP contribution in [0.15, 0.2) is 22.4 Å². The van der Waals surface area contributed by atoms with E-state index in [0.29, 0.717) is 5.82 Å². The number of nitrogens with two attached hydrogens (primary N) is 1. The van der Waals surface area contributed by atoms with Crippen LogP contribution in [0, 0.1) is 6.92 Å². The molecule has 0 radical (unpaired) electrons. The molecule has 0 aliphatic rings. The van der Waals surface area contributed by atoms with Gasteiger partial charge in [-0.2, -0.15) is 5.10 Å². The average molecular weight is 295 g/mol. The van der Waals surface area contributed by atoms with E-state index in [0.717, 1.165) is 17.0 Å². The van der Waals surface area contributed by atoms with Crippen molar-refractivity contribution in [3.63, 3.8) is 0 Å². The van der Waals surface area contributed by atoms with Gasteiger partial charge in [0.2, 0.25) is 11.8 Å². The van der Waals surface area contributed by atoms with E-state index in [1.807, 2.05) is 0 Å². The van der Waals surface area contributed by atoms with Gasteiger partial charge in [0.05, 0.1) is 0 Å². The van der Waals surface area contributed by atoms with Crippen molar-refractivity contribution in [1.82, 2.24) is 14.3 Å². The van der Waals surface area contributed by atoms with E-state index in [2.05, 4.69) is 10.4 Å². The van der Waals surface area contributed by atoms with Crippen molar-refractivity contribution in [3.05, 3.63) is 33.0 Å². The lowest BCUT2D eigenvalue weighted by Crippen LogP contribution is -2.25. The van der Waals surface area contributed by atoms with Crippen LogP contribution in [-0.2, 0) is 22.7 Å². The minimum absolute atomic E-state index is 0.0566. The van der Waals surface area contributed by atoms with Gasteiger partial charge < -0.3 is 11.1 Å². The normalized spacial score (nSPS) is 10.4. The number of primary amides is 1. The first-order valence-corrected chi connectivity index (χ1v) is 6.60. The quantitative estimate of drug-likeness (QED) is 0.777. The number of thiazole rings is 1. The maximum atomic E-state index is 11.8. The summed E-state index contributed by atoms with van der Waals surface area (Å²) >= 11 is 1.05. The van der Waals surface area contributed by atoms with Crippen molar-refractivity contribution in [2.75, 3.05) is 5.32 Å². The van der Waals surface area contributed by atoms with Crippen LogP contribution >= 0.6 is 11.3 Å². The lowest BCUT2D eigenvalue weighted by Gasteiger charge is -2.04. The number of hydrogen-bond donors (Lipinski definition) is 2. The van der Waals surface area contributed by atoms with E-state index in [4.69, 9.17) is 5.73 Å². The van der Waals surface area contributed by atoms with Crippen LogP contribution in [0.2, 0.25) is 0 Å². The number of carbonyl (C=O) groups excluding carboxylic acids is 2. The summed E-state index contributed by atoms with van der Waals surface area (Å²) in [5.41, 5.74) is 5.77. The summed E-state index contributed by atoms with van der Waals surface area (Å²) < 4.78 is 2.69. The second-order valence-corrected chi connectivity index (χ2v) is 4.96. The smallest absolute Gasteiger partial charge is 0.307 e. The second-order valence-electron chi connectivity index (χ2n) is 4.14. The number of hydrogen-bond acceptors (Lipinski definition) is 5. The highest BCUT2D eigenvalue weighted by molar-refractivity contribution is 7.07. The Labute approximate surface area is 117 Å². The van der Waals surface area contributed by atoms with Crippen molar-refractivity contribution in [3.8, 4) is 0 Å². The molecule has 0 bridgehead atoms. The van der Waals surface area contributed by atoms with Crippen molar-refractivity contribution in [2.45, 2.75) is 20.0 Å². The van der Waals surface area contributed by atoms with E-state index >= 15 is 0 Å². The molecule has 8 nitrogen and oxygen atoms in total. The molecule has 2 aromatic rings. The molecule has 2 rings (SSSR count). The SMILES string of the molecule is Cc1csc(=O)n1CC(=O)Nc1ccn(CC(N)=O)n1. The fraction of sp³-hybridized carbons (Fsp3) is 0.273. The molecular formula is C11H13N5O3S. The van der Waals surface area contributed by atoms with Gasteiger partial charge in [-0.1, -0.05) is 11.3 Å². The van der Waals surface area contributed by atoms with Gasteiger partial charge in [-0.15, -0.1) is 0 Å². The minimum atomic E-state index is -0.522. The Balaban J connectivity index is 2.00. The van der Waals surface area contributed by atoms with Gasteiger partial charge in [-0.3, -0.25) is 23.6 Å². The Morgan fingerprint density at radius 1 is 1.45 bits per heavy atom. The molecule has 0 spiro atoms. The first-order chi connectivity index (χ1) is 9.45. The van der Waals surface area contributed by atoms with Gasteiger partial charge in [0.25, 0.3) is 0 Å². The molecule has 106 valence electrons. The van der Waals surface area contributed by atoms with Crippen LogP contribution in [0.4, 0.5) is 5.82 Å². The average Bonchev–Trinajstić information content (AvgIpc) is 2.90. The van der Waals surface area contributed by atoms with Crippen LogP contribution < -0.4 is 15.9 Å². The largest absolute Gasteiger partial charge is 0.368 e. The molecule has 9 heteroatoms. The summed E-state index contributed by atoms with van der Waals surface area (Å²) in [5, 5.41) is 8.21. The number of aryl methyl sites for hydroxylation is 1. The lowest BCUT2D eigenvalue weighted by molar-refractivity contribution is -0.118. The van der Waals surface area contributed by atoms with Crippen molar-refractivity contribution >= 4 is 29.0 Å². The first kappa shape index (κ1) is 14.0. The highest BCUT2D eigenvalue weighted by Gasteiger charge is 2.10. The standard InChI is InChI=1S/C11H13N5O3S/c1-7-6-20-11(19)16(7)5-10(18)13-9-2-3-15(14-9)4-8(12)17/h2-3,6H,4-5H2,1H3,(H2,12,17)(H,13,14,18). The molecule has 0 atom stereocenters. The number of carbonyl (C=O) groups is 2. The monoisotopic (exact) mass is 295 g/mol. The van der Waals surface area contributed by atoms with E-state index in [1.165, 1.54) is 15.4 Å². The molecule has 3 N–H and O–H groups in total. The Morgan fingerprint density at radius 3 is 2.80 bits per heavy atom. The number of rotatable bonds is 5. The van der Waals surface area contributed by atoms with Gasteiger partial charge in [0.15, 0.2) is 5.82 Å². The van der Waals surface area contributed by atoms with Crippen molar-refractivity contribution < 1.29 is 9.59 Å². The summed E-state index contributed by atoms with van der Waals surface area (Å²) in [6.45, 7) is 1.63.